The van der Waals surface area contributed by atoms with Crippen LogP contribution in [-0.4, -0.2) is 36.3 Å². The van der Waals surface area contributed by atoms with Gasteiger partial charge >= 0.3 is 0 Å². The van der Waals surface area contributed by atoms with Gasteiger partial charge in [0, 0.05) is 32.0 Å². The van der Waals surface area contributed by atoms with Crippen LogP contribution in [0.15, 0.2) is 17.3 Å². The predicted molar refractivity (Wildman–Crippen MR) is 52.2 cm³/mol. The molecular weight excluding hydrogens is 156 g/mol. The minimum atomic E-state index is 1.00. The Hall–Kier alpha value is -0.440. The summed E-state index contributed by atoms with van der Waals surface area (Å²) in [6.45, 7) is 1.09. The molecule has 0 radical (unpaired) electrons. The number of hydrogen-bond donors (Lipinski definition) is 0. The lowest BCUT2D eigenvalue weighted by molar-refractivity contribution is 0.602. The summed E-state index contributed by atoms with van der Waals surface area (Å²) in [4.78, 5) is 6.41. The Bertz CT molecular complexity index is 175. The van der Waals surface area contributed by atoms with Gasteiger partial charge in [0.15, 0.2) is 0 Å². The Kier molecular flexibility index (Phi) is 3.49. The molecule has 0 fully saturated rings. The van der Waals surface area contributed by atoms with Crippen LogP contribution in [-0.2, 0) is 0 Å². The Balaban J connectivity index is 2.37. The van der Waals surface area contributed by atoms with Crippen molar-refractivity contribution >= 4 is 17.6 Å². The molecule has 0 saturated heterocycles. The lowest BCUT2D eigenvalue weighted by Gasteiger charge is -2.15. The number of hydrogen-bond acceptors (Lipinski definition) is 2. The van der Waals surface area contributed by atoms with Gasteiger partial charge < -0.3 is 4.90 Å². The molecule has 0 aliphatic carbocycles. The second kappa shape index (κ2) is 4.44. The van der Waals surface area contributed by atoms with Gasteiger partial charge in [0.25, 0.3) is 0 Å². The highest BCUT2D eigenvalue weighted by Crippen LogP contribution is 2.08. The van der Waals surface area contributed by atoms with Crippen molar-refractivity contribution < 1.29 is 0 Å². The molecule has 0 saturated carbocycles. The van der Waals surface area contributed by atoms with Crippen molar-refractivity contribution in [2.45, 2.75) is 6.42 Å². The first kappa shape index (κ1) is 8.65. The Morgan fingerprint density at radius 3 is 3.18 bits per heavy atom. The molecule has 2 nitrogen and oxygen atoms in total. The highest BCUT2D eigenvalue weighted by molar-refractivity contribution is 7.98. The highest BCUT2D eigenvalue weighted by atomic mass is 32.2. The van der Waals surface area contributed by atoms with Gasteiger partial charge in [0.05, 0.1) is 0 Å². The Morgan fingerprint density at radius 1 is 1.73 bits per heavy atom. The summed E-state index contributed by atoms with van der Waals surface area (Å²) < 4.78 is 0. The number of aliphatic imine (C=N–C) groups is 1. The summed E-state index contributed by atoms with van der Waals surface area (Å²) >= 11 is 1.87. The zero-order valence-corrected chi connectivity index (χ0v) is 7.90. The molecule has 0 atom stereocenters. The fourth-order valence-corrected chi connectivity index (χ4v) is 1.48. The van der Waals surface area contributed by atoms with Gasteiger partial charge in [-0.1, -0.05) is 6.08 Å². The third-order valence-corrected chi connectivity index (χ3v) is 2.30. The van der Waals surface area contributed by atoms with Crippen molar-refractivity contribution in [1.82, 2.24) is 4.90 Å². The molecule has 0 bridgehead atoms. The summed E-state index contributed by atoms with van der Waals surface area (Å²) in [6.07, 6.45) is 7.41. The van der Waals surface area contributed by atoms with Crippen molar-refractivity contribution in [2.75, 3.05) is 25.6 Å². The Labute approximate surface area is 72.4 Å². The van der Waals surface area contributed by atoms with E-state index in [4.69, 9.17) is 0 Å². The molecule has 0 N–H and O–H groups in total. The van der Waals surface area contributed by atoms with Crippen LogP contribution in [0.2, 0.25) is 0 Å². The first-order valence-corrected chi connectivity index (χ1v) is 5.15. The molecule has 1 aliphatic rings. The molecule has 11 heavy (non-hydrogen) atoms. The van der Waals surface area contributed by atoms with Gasteiger partial charge in [-0.2, -0.15) is 11.8 Å². The van der Waals surface area contributed by atoms with E-state index < -0.39 is 0 Å². The normalized spacial score (nSPS) is 20.2. The third-order valence-electron chi connectivity index (χ3n) is 1.71. The van der Waals surface area contributed by atoms with E-state index in [0.717, 1.165) is 13.0 Å². The van der Waals surface area contributed by atoms with Crippen molar-refractivity contribution in [3.05, 3.63) is 12.3 Å². The number of amidine groups is 1. The third kappa shape index (κ3) is 2.26. The van der Waals surface area contributed by atoms with Crippen LogP contribution < -0.4 is 0 Å². The van der Waals surface area contributed by atoms with Gasteiger partial charge in [-0.25, -0.2) is 0 Å². The molecule has 1 heterocycles. The monoisotopic (exact) mass is 170 g/mol. The van der Waals surface area contributed by atoms with Crippen LogP contribution in [0.1, 0.15) is 6.42 Å². The van der Waals surface area contributed by atoms with Crippen LogP contribution in [0.4, 0.5) is 0 Å². The summed E-state index contributed by atoms with van der Waals surface area (Å²) in [5.41, 5.74) is 0. The first-order chi connectivity index (χ1) is 5.38. The van der Waals surface area contributed by atoms with Crippen molar-refractivity contribution in [2.24, 2.45) is 4.99 Å². The van der Waals surface area contributed by atoms with E-state index in [1.54, 1.807) is 0 Å². The summed E-state index contributed by atoms with van der Waals surface area (Å²) in [7, 11) is 1.86. The average molecular weight is 170 g/mol. The minimum Gasteiger partial charge on any atom is -0.336 e. The number of thioether (sulfide) groups is 1. The van der Waals surface area contributed by atoms with E-state index in [9.17, 15) is 0 Å². The lowest BCUT2D eigenvalue weighted by Crippen LogP contribution is -2.23. The summed E-state index contributed by atoms with van der Waals surface area (Å²) in [6, 6.07) is 0. The topological polar surface area (TPSA) is 15.6 Å². The molecule has 0 unspecified atom stereocenters. The largest absolute Gasteiger partial charge is 0.336 e. The van der Waals surface area contributed by atoms with E-state index in [-0.39, 0.29) is 0 Å². The molecule has 0 amide bonds. The number of rotatable bonds is 3. The van der Waals surface area contributed by atoms with Gasteiger partial charge in [-0.15, -0.1) is 0 Å². The summed E-state index contributed by atoms with van der Waals surface area (Å²) in [5.74, 6) is 2.36. The maximum atomic E-state index is 4.19. The second-order valence-electron chi connectivity index (χ2n) is 2.41. The van der Waals surface area contributed by atoms with Crippen molar-refractivity contribution in [3.63, 3.8) is 0 Å². The Morgan fingerprint density at radius 2 is 2.55 bits per heavy atom. The van der Waals surface area contributed by atoms with Crippen LogP contribution in [0.5, 0.6) is 0 Å². The summed E-state index contributed by atoms with van der Waals surface area (Å²) in [5, 5.41) is 0. The first-order valence-electron chi connectivity index (χ1n) is 3.76. The van der Waals surface area contributed by atoms with Crippen LogP contribution in [0, 0.1) is 0 Å². The smallest absolute Gasteiger partial charge is 0.106 e. The van der Waals surface area contributed by atoms with Gasteiger partial charge in [-0.05, 0) is 6.26 Å². The van der Waals surface area contributed by atoms with E-state index in [1.807, 2.05) is 18.8 Å². The molecule has 62 valence electrons. The second-order valence-corrected chi connectivity index (χ2v) is 3.40. The minimum absolute atomic E-state index is 1.00. The van der Waals surface area contributed by atoms with Crippen LogP contribution in [0.3, 0.4) is 0 Å². The van der Waals surface area contributed by atoms with Gasteiger partial charge in [0.1, 0.15) is 5.84 Å². The molecule has 0 aromatic heterocycles. The zero-order chi connectivity index (χ0) is 8.10. The SMILES string of the molecule is C/N=C1/CC=CN1CCSC. The molecule has 1 aliphatic heterocycles. The van der Waals surface area contributed by atoms with E-state index in [0.29, 0.717) is 0 Å². The highest BCUT2D eigenvalue weighted by Gasteiger charge is 2.10. The fourth-order valence-electron chi connectivity index (χ4n) is 1.10. The van der Waals surface area contributed by atoms with E-state index >= 15 is 0 Å². The average Bonchev–Trinajstić information content (AvgIpc) is 2.47. The van der Waals surface area contributed by atoms with E-state index in [2.05, 4.69) is 28.4 Å². The molecule has 1 rings (SSSR count). The maximum Gasteiger partial charge on any atom is 0.106 e. The molecular formula is C8H14N2S. The van der Waals surface area contributed by atoms with Crippen LogP contribution >= 0.6 is 11.8 Å². The standard InChI is InChI=1S/C8H14N2S/c1-9-8-4-3-5-10(8)6-7-11-2/h3,5H,4,6-7H2,1-2H3/b9-8-. The molecule has 3 heteroatoms. The molecule has 0 aromatic rings. The van der Waals surface area contributed by atoms with E-state index in [1.165, 1.54) is 11.6 Å². The van der Waals surface area contributed by atoms with Crippen molar-refractivity contribution in [3.8, 4) is 0 Å². The molecule has 0 spiro atoms. The number of nitrogens with zero attached hydrogens (tertiary/aromatic N) is 2. The van der Waals surface area contributed by atoms with Crippen LogP contribution in [0.25, 0.3) is 0 Å². The lowest BCUT2D eigenvalue weighted by atomic mass is 10.4. The van der Waals surface area contributed by atoms with Gasteiger partial charge in [-0.3, -0.25) is 4.99 Å². The van der Waals surface area contributed by atoms with Gasteiger partial charge in [0.2, 0.25) is 0 Å². The van der Waals surface area contributed by atoms with Crippen molar-refractivity contribution in [1.29, 1.82) is 0 Å². The maximum absolute atomic E-state index is 4.19. The molecule has 0 aromatic carbocycles. The fraction of sp³-hybridized carbons (Fsp3) is 0.625. The predicted octanol–water partition coefficient (Wildman–Crippen LogP) is 1.60. The quantitative estimate of drug-likeness (QED) is 0.639. The zero-order valence-electron chi connectivity index (χ0n) is 7.08.